The van der Waals surface area contributed by atoms with E-state index in [1.54, 1.807) is 37.6 Å². The minimum absolute atomic E-state index is 0.125. The molecule has 0 amide bonds. The number of hydrogen-bond donors (Lipinski definition) is 3. The van der Waals surface area contributed by atoms with E-state index in [1.807, 2.05) is 43.3 Å². The number of nitrogens with two attached hydrogens (primary N) is 1. The van der Waals surface area contributed by atoms with Gasteiger partial charge in [-0.2, -0.15) is 0 Å². The zero-order valence-electron chi connectivity index (χ0n) is 17.2. The summed E-state index contributed by atoms with van der Waals surface area (Å²) in [5.74, 6) is 0.588. The highest BCUT2D eigenvalue weighted by Gasteiger charge is 2.23. The second-order valence-corrected chi connectivity index (χ2v) is 7.20. The number of ether oxygens (including phenoxy) is 1. The zero-order valence-corrected chi connectivity index (χ0v) is 17.2. The number of anilines is 4. The first-order chi connectivity index (χ1) is 15.0. The number of aromatic nitrogens is 1. The molecule has 7 nitrogen and oxygen atoms in total. The smallest absolute Gasteiger partial charge is 0.253 e. The SMILES string of the molecule is COc1ccc(-c2cc(Nc3c(NC(C)c4ccccc4)c(=O)c3=O)ccn2)cc1N. The molecule has 0 aliphatic carbocycles. The normalized spacial score (nSPS) is 11.8. The Morgan fingerprint density at radius 2 is 1.71 bits per heavy atom. The molecule has 1 unspecified atom stereocenters. The summed E-state index contributed by atoms with van der Waals surface area (Å²) in [4.78, 5) is 28.8. The van der Waals surface area contributed by atoms with Gasteiger partial charge in [-0.05, 0) is 42.8 Å². The maximum absolute atomic E-state index is 12.2. The Bertz CT molecular complexity index is 1290. The maximum Gasteiger partial charge on any atom is 0.253 e. The first-order valence-corrected chi connectivity index (χ1v) is 9.79. The van der Waals surface area contributed by atoms with Crippen LogP contribution in [0.5, 0.6) is 5.75 Å². The summed E-state index contributed by atoms with van der Waals surface area (Å²) in [5.41, 5.74) is 9.10. The van der Waals surface area contributed by atoms with Gasteiger partial charge < -0.3 is 21.1 Å². The molecule has 0 fully saturated rings. The average Bonchev–Trinajstić information content (AvgIpc) is 2.81. The van der Waals surface area contributed by atoms with Gasteiger partial charge >= 0.3 is 0 Å². The van der Waals surface area contributed by atoms with Crippen LogP contribution in [0.4, 0.5) is 22.7 Å². The van der Waals surface area contributed by atoms with Crippen molar-refractivity contribution >= 4 is 22.7 Å². The minimum atomic E-state index is -0.546. The molecular formula is C24H22N4O3. The monoisotopic (exact) mass is 414 g/mol. The van der Waals surface area contributed by atoms with E-state index in [2.05, 4.69) is 15.6 Å². The first kappa shape index (κ1) is 20.2. The van der Waals surface area contributed by atoms with E-state index in [0.29, 0.717) is 22.8 Å². The number of pyridine rings is 1. The van der Waals surface area contributed by atoms with E-state index in [-0.39, 0.29) is 17.4 Å². The van der Waals surface area contributed by atoms with Gasteiger partial charge in [0.15, 0.2) is 0 Å². The van der Waals surface area contributed by atoms with Crippen molar-refractivity contribution in [2.45, 2.75) is 13.0 Å². The first-order valence-electron chi connectivity index (χ1n) is 9.79. The lowest BCUT2D eigenvalue weighted by molar-refractivity contribution is 0.417. The number of hydrogen-bond acceptors (Lipinski definition) is 7. The van der Waals surface area contributed by atoms with Crippen LogP contribution in [0.25, 0.3) is 11.3 Å². The molecule has 4 aromatic rings. The minimum Gasteiger partial charge on any atom is -0.495 e. The van der Waals surface area contributed by atoms with Crippen LogP contribution in [0, 0.1) is 0 Å². The Morgan fingerprint density at radius 3 is 2.42 bits per heavy atom. The van der Waals surface area contributed by atoms with Gasteiger partial charge in [0.25, 0.3) is 10.9 Å². The summed E-state index contributed by atoms with van der Waals surface area (Å²) < 4.78 is 5.19. The van der Waals surface area contributed by atoms with Crippen molar-refractivity contribution in [3.63, 3.8) is 0 Å². The highest BCUT2D eigenvalue weighted by molar-refractivity contribution is 5.80. The fourth-order valence-electron chi connectivity index (χ4n) is 3.39. The highest BCUT2D eigenvalue weighted by atomic mass is 16.5. The van der Waals surface area contributed by atoms with Crippen LogP contribution >= 0.6 is 0 Å². The molecule has 0 aliphatic rings. The van der Waals surface area contributed by atoms with Gasteiger partial charge in [-0.15, -0.1) is 0 Å². The largest absolute Gasteiger partial charge is 0.495 e. The molecular weight excluding hydrogens is 392 g/mol. The molecule has 3 aromatic carbocycles. The highest BCUT2D eigenvalue weighted by Crippen LogP contribution is 2.30. The number of nitrogens with zero attached hydrogens (tertiary/aromatic N) is 1. The van der Waals surface area contributed by atoms with E-state index in [9.17, 15) is 9.59 Å². The fourth-order valence-corrected chi connectivity index (χ4v) is 3.39. The standard InChI is InChI=1S/C24H22N4O3/c1-14(15-6-4-3-5-7-15)27-21-22(24(30)23(21)29)28-17-10-11-26-19(13-17)16-8-9-20(31-2)18(25)12-16/h3-14,27H,25H2,1-2H3,(H,26,28). The van der Waals surface area contributed by atoms with E-state index in [1.165, 1.54) is 0 Å². The molecule has 0 bridgehead atoms. The lowest BCUT2D eigenvalue weighted by Gasteiger charge is -2.20. The van der Waals surface area contributed by atoms with E-state index >= 15 is 0 Å². The van der Waals surface area contributed by atoms with Gasteiger partial charge in [-0.25, -0.2) is 0 Å². The molecule has 1 aromatic heterocycles. The predicted molar refractivity (Wildman–Crippen MR) is 124 cm³/mol. The molecule has 0 saturated heterocycles. The second kappa shape index (κ2) is 8.31. The molecule has 7 heteroatoms. The van der Waals surface area contributed by atoms with E-state index < -0.39 is 10.9 Å². The Labute approximate surface area is 179 Å². The predicted octanol–water partition coefficient (Wildman–Crippen LogP) is 3.85. The summed E-state index contributed by atoms with van der Waals surface area (Å²) >= 11 is 0. The Kier molecular flexibility index (Phi) is 5.41. The van der Waals surface area contributed by atoms with Crippen molar-refractivity contribution < 1.29 is 4.74 Å². The molecule has 0 spiro atoms. The van der Waals surface area contributed by atoms with Crippen LogP contribution in [0.15, 0.2) is 76.4 Å². The lowest BCUT2D eigenvalue weighted by Crippen LogP contribution is -2.37. The molecule has 31 heavy (non-hydrogen) atoms. The van der Waals surface area contributed by atoms with Gasteiger partial charge in [0, 0.05) is 23.5 Å². The van der Waals surface area contributed by atoms with Gasteiger partial charge in [0.1, 0.15) is 17.1 Å². The molecule has 0 saturated carbocycles. The van der Waals surface area contributed by atoms with Crippen LogP contribution in [-0.4, -0.2) is 12.1 Å². The third-order valence-electron chi connectivity index (χ3n) is 5.13. The number of benzene rings is 2. The van der Waals surface area contributed by atoms with Crippen molar-refractivity contribution in [3.05, 3.63) is 92.9 Å². The van der Waals surface area contributed by atoms with Crippen molar-refractivity contribution in [1.82, 2.24) is 4.98 Å². The average molecular weight is 414 g/mol. The van der Waals surface area contributed by atoms with Crippen molar-refractivity contribution in [3.8, 4) is 17.0 Å². The molecule has 156 valence electrons. The lowest BCUT2D eigenvalue weighted by atomic mass is 10.1. The summed E-state index contributed by atoms with van der Waals surface area (Å²) in [7, 11) is 1.56. The number of methoxy groups -OCH3 is 1. The zero-order chi connectivity index (χ0) is 22.0. The van der Waals surface area contributed by atoms with Gasteiger partial charge in [-0.1, -0.05) is 30.3 Å². The molecule has 4 N–H and O–H groups in total. The van der Waals surface area contributed by atoms with Crippen LogP contribution in [-0.2, 0) is 0 Å². The van der Waals surface area contributed by atoms with Crippen molar-refractivity contribution in [2.24, 2.45) is 0 Å². The Hall–Kier alpha value is -4.13. The summed E-state index contributed by atoms with van der Waals surface area (Å²) in [6.07, 6.45) is 1.63. The van der Waals surface area contributed by atoms with Gasteiger partial charge in [0.05, 0.1) is 18.5 Å². The summed E-state index contributed by atoms with van der Waals surface area (Å²) in [6, 6.07) is 18.5. The Balaban J connectivity index is 1.58. The van der Waals surface area contributed by atoms with Crippen LogP contribution in [0.2, 0.25) is 0 Å². The molecule has 4 rings (SSSR count). The number of nitrogen functional groups attached to an aromatic ring is 1. The van der Waals surface area contributed by atoms with Crippen LogP contribution in [0.1, 0.15) is 18.5 Å². The van der Waals surface area contributed by atoms with Crippen LogP contribution < -0.4 is 32.0 Å². The quantitative estimate of drug-likeness (QED) is 0.311. The molecule has 1 atom stereocenters. The van der Waals surface area contributed by atoms with Gasteiger partial charge in [-0.3, -0.25) is 14.6 Å². The summed E-state index contributed by atoms with van der Waals surface area (Å²) in [6.45, 7) is 1.94. The van der Waals surface area contributed by atoms with E-state index in [0.717, 1.165) is 11.1 Å². The summed E-state index contributed by atoms with van der Waals surface area (Å²) in [5, 5.41) is 6.21. The van der Waals surface area contributed by atoms with E-state index in [4.69, 9.17) is 10.5 Å². The fraction of sp³-hybridized carbons (Fsp3) is 0.125. The van der Waals surface area contributed by atoms with Gasteiger partial charge in [0.2, 0.25) is 0 Å². The number of nitrogens with one attached hydrogen (secondary N) is 2. The second-order valence-electron chi connectivity index (χ2n) is 7.20. The number of rotatable bonds is 7. The topological polar surface area (TPSA) is 106 Å². The van der Waals surface area contributed by atoms with Crippen molar-refractivity contribution in [1.29, 1.82) is 0 Å². The third kappa shape index (κ3) is 3.98. The third-order valence-corrected chi connectivity index (χ3v) is 5.13. The molecule has 1 heterocycles. The van der Waals surface area contributed by atoms with Crippen molar-refractivity contribution in [2.75, 3.05) is 23.5 Å². The maximum atomic E-state index is 12.2. The van der Waals surface area contributed by atoms with Crippen LogP contribution in [0.3, 0.4) is 0 Å². The molecule has 0 radical (unpaired) electrons. The molecule has 0 aliphatic heterocycles. The Morgan fingerprint density at radius 1 is 0.968 bits per heavy atom.